The molecule has 0 saturated carbocycles. The summed E-state index contributed by atoms with van der Waals surface area (Å²) in [5, 5.41) is 5.42. The van der Waals surface area contributed by atoms with Crippen LogP contribution < -0.4 is 5.32 Å². The van der Waals surface area contributed by atoms with Gasteiger partial charge in [0.15, 0.2) is 10.8 Å². The molecular formula is C17H20N2O2S. The Morgan fingerprint density at radius 1 is 1.41 bits per heavy atom. The normalized spacial score (nSPS) is 10.5. The monoisotopic (exact) mass is 316 g/mol. The molecule has 1 aromatic heterocycles. The third-order valence-corrected chi connectivity index (χ3v) is 3.93. The number of carbonyl (C=O) groups excluding carboxylic acids is 1. The highest BCUT2D eigenvalue weighted by atomic mass is 32.1. The summed E-state index contributed by atoms with van der Waals surface area (Å²) in [5.41, 5.74) is 2.57. The van der Waals surface area contributed by atoms with Crippen LogP contribution in [0.15, 0.2) is 42.3 Å². The molecule has 0 aliphatic rings. The van der Waals surface area contributed by atoms with Gasteiger partial charge in [0.2, 0.25) is 0 Å². The number of esters is 1. The molecule has 0 bridgehead atoms. The minimum Gasteiger partial charge on any atom is -0.456 e. The predicted molar refractivity (Wildman–Crippen MR) is 90.5 cm³/mol. The van der Waals surface area contributed by atoms with Crippen LogP contribution >= 0.6 is 11.3 Å². The Bertz CT molecular complexity index is 632. The minimum atomic E-state index is -0.407. The van der Waals surface area contributed by atoms with Crippen LogP contribution in [0.4, 0.5) is 5.13 Å². The summed E-state index contributed by atoms with van der Waals surface area (Å²) in [4.78, 5) is 16.1. The average molecular weight is 316 g/mol. The molecule has 1 aromatic carbocycles. The standard InChI is InChI=1S/C17H20N2O2S/c1-4-9-18-17-19-15(11-22-17)16(20)21-10-13-5-7-14(8-6-13)12(2)3/h4-8,11-12H,1,9-10H2,2-3H3,(H,18,19). The Hall–Kier alpha value is -2.14. The molecule has 22 heavy (non-hydrogen) atoms. The number of hydrogen-bond donors (Lipinski definition) is 1. The van der Waals surface area contributed by atoms with Gasteiger partial charge < -0.3 is 10.1 Å². The third-order valence-electron chi connectivity index (χ3n) is 3.13. The lowest BCUT2D eigenvalue weighted by molar-refractivity contribution is 0.0467. The summed E-state index contributed by atoms with van der Waals surface area (Å²) in [5.74, 6) is 0.0870. The number of rotatable bonds is 7. The van der Waals surface area contributed by atoms with Crippen LogP contribution in [0.5, 0.6) is 0 Å². The molecule has 0 spiro atoms. The van der Waals surface area contributed by atoms with Gasteiger partial charge >= 0.3 is 5.97 Å². The molecule has 1 heterocycles. The van der Waals surface area contributed by atoms with E-state index in [4.69, 9.17) is 4.74 Å². The second kappa shape index (κ2) is 7.75. The van der Waals surface area contributed by atoms with Crippen molar-refractivity contribution in [3.05, 3.63) is 59.1 Å². The van der Waals surface area contributed by atoms with E-state index in [9.17, 15) is 4.79 Å². The summed E-state index contributed by atoms with van der Waals surface area (Å²) in [6.45, 7) is 8.79. The van der Waals surface area contributed by atoms with Crippen LogP contribution in [-0.4, -0.2) is 17.5 Å². The van der Waals surface area contributed by atoms with Gasteiger partial charge in [0.25, 0.3) is 0 Å². The smallest absolute Gasteiger partial charge is 0.358 e. The molecule has 0 unspecified atom stereocenters. The predicted octanol–water partition coefficient (Wildman–Crippen LogP) is 4.22. The van der Waals surface area contributed by atoms with Crippen molar-refractivity contribution in [1.29, 1.82) is 0 Å². The van der Waals surface area contributed by atoms with E-state index in [0.717, 1.165) is 5.56 Å². The second-order valence-electron chi connectivity index (χ2n) is 5.18. The zero-order chi connectivity index (χ0) is 15.9. The van der Waals surface area contributed by atoms with E-state index in [2.05, 4.69) is 42.9 Å². The summed E-state index contributed by atoms with van der Waals surface area (Å²) in [6, 6.07) is 8.10. The lowest BCUT2D eigenvalue weighted by Gasteiger charge is -2.07. The lowest BCUT2D eigenvalue weighted by Crippen LogP contribution is -2.06. The lowest BCUT2D eigenvalue weighted by atomic mass is 10.0. The first-order valence-corrected chi connectivity index (χ1v) is 8.04. The molecule has 0 aliphatic carbocycles. The van der Waals surface area contributed by atoms with Crippen molar-refractivity contribution in [2.24, 2.45) is 0 Å². The van der Waals surface area contributed by atoms with Crippen molar-refractivity contribution in [2.75, 3.05) is 11.9 Å². The van der Waals surface area contributed by atoms with E-state index < -0.39 is 5.97 Å². The van der Waals surface area contributed by atoms with Gasteiger partial charge in [-0.15, -0.1) is 17.9 Å². The summed E-state index contributed by atoms with van der Waals surface area (Å²) >= 11 is 1.37. The van der Waals surface area contributed by atoms with Gasteiger partial charge in [-0.05, 0) is 17.0 Å². The maximum absolute atomic E-state index is 12.0. The van der Waals surface area contributed by atoms with E-state index in [1.165, 1.54) is 16.9 Å². The van der Waals surface area contributed by atoms with E-state index in [1.807, 2.05) is 12.1 Å². The molecule has 5 heteroatoms. The molecule has 0 amide bonds. The maximum Gasteiger partial charge on any atom is 0.358 e. The Morgan fingerprint density at radius 2 is 2.14 bits per heavy atom. The van der Waals surface area contributed by atoms with Crippen molar-refractivity contribution >= 4 is 22.4 Å². The topological polar surface area (TPSA) is 51.2 Å². The molecule has 4 nitrogen and oxygen atoms in total. The number of ether oxygens (including phenoxy) is 1. The maximum atomic E-state index is 12.0. The van der Waals surface area contributed by atoms with Crippen LogP contribution in [0.1, 0.15) is 41.4 Å². The zero-order valence-electron chi connectivity index (χ0n) is 12.8. The fourth-order valence-corrected chi connectivity index (χ4v) is 2.52. The second-order valence-corrected chi connectivity index (χ2v) is 6.04. The minimum absolute atomic E-state index is 0.254. The van der Waals surface area contributed by atoms with E-state index in [1.54, 1.807) is 11.5 Å². The Labute approximate surface area is 134 Å². The first kappa shape index (κ1) is 16.2. The van der Waals surface area contributed by atoms with Gasteiger partial charge in [-0.1, -0.05) is 44.2 Å². The molecular weight excluding hydrogens is 296 g/mol. The average Bonchev–Trinajstić information content (AvgIpc) is 3.00. The third kappa shape index (κ3) is 4.43. The molecule has 116 valence electrons. The van der Waals surface area contributed by atoms with Gasteiger partial charge in [0, 0.05) is 11.9 Å². The highest BCUT2D eigenvalue weighted by Crippen LogP contribution is 2.17. The number of thiazole rings is 1. The molecule has 0 atom stereocenters. The Kier molecular flexibility index (Phi) is 5.72. The molecule has 1 N–H and O–H groups in total. The van der Waals surface area contributed by atoms with Gasteiger partial charge in [-0.3, -0.25) is 0 Å². The van der Waals surface area contributed by atoms with Crippen molar-refractivity contribution in [1.82, 2.24) is 4.98 Å². The quantitative estimate of drug-likeness (QED) is 0.614. The van der Waals surface area contributed by atoms with Gasteiger partial charge in [0.05, 0.1) is 0 Å². The number of carbonyl (C=O) groups is 1. The molecule has 0 aliphatic heterocycles. The molecule has 0 radical (unpaired) electrons. The number of aromatic nitrogens is 1. The first-order valence-electron chi connectivity index (χ1n) is 7.16. The SMILES string of the molecule is C=CCNc1nc(C(=O)OCc2ccc(C(C)C)cc2)cs1. The van der Waals surface area contributed by atoms with Gasteiger partial charge in [-0.25, -0.2) is 9.78 Å². The van der Waals surface area contributed by atoms with Crippen molar-refractivity contribution in [2.45, 2.75) is 26.4 Å². The van der Waals surface area contributed by atoms with E-state index in [0.29, 0.717) is 23.3 Å². The van der Waals surface area contributed by atoms with E-state index in [-0.39, 0.29) is 6.61 Å². The highest BCUT2D eigenvalue weighted by molar-refractivity contribution is 7.13. The highest BCUT2D eigenvalue weighted by Gasteiger charge is 2.12. The first-order chi connectivity index (χ1) is 10.6. The van der Waals surface area contributed by atoms with Gasteiger partial charge in [0.1, 0.15) is 6.61 Å². The summed E-state index contributed by atoms with van der Waals surface area (Å²) in [6.07, 6.45) is 1.74. The number of benzene rings is 1. The summed E-state index contributed by atoms with van der Waals surface area (Å²) in [7, 11) is 0. The van der Waals surface area contributed by atoms with Crippen LogP contribution in [-0.2, 0) is 11.3 Å². The van der Waals surface area contributed by atoms with Gasteiger partial charge in [-0.2, -0.15) is 0 Å². The fraction of sp³-hybridized carbons (Fsp3) is 0.294. The number of hydrogen-bond acceptors (Lipinski definition) is 5. The van der Waals surface area contributed by atoms with Crippen molar-refractivity contribution in [3.63, 3.8) is 0 Å². The zero-order valence-corrected chi connectivity index (χ0v) is 13.7. The van der Waals surface area contributed by atoms with Crippen molar-refractivity contribution in [3.8, 4) is 0 Å². The number of anilines is 1. The van der Waals surface area contributed by atoms with Crippen LogP contribution in [0.25, 0.3) is 0 Å². The molecule has 0 saturated heterocycles. The van der Waals surface area contributed by atoms with Crippen LogP contribution in [0.3, 0.4) is 0 Å². The largest absolute Gasteiger partial charge is 0.456 e. The number of nitrogens with zero attached hydrogens (tertiary/aromatic N) is 1. The fourth-order valence-electron chi connectivity index (χ4n) is 1.83. The van der Waals surface area contributed by atoms with Crippen LogP contribution in [0, 0.1) is 0 Å². The Morgan fingerprint density at radius 3 is 2.77 bits per heavy atom. The molecule has 2 aromatic rings. The van der Waals surface area contributed by atoms with Crippen LogP contribution in [0.2, 0.25) is 0 Å². The van der Waals surface area contributed by atoms with Crippen molar-refractivity contribution < 1.29 is 9.53 Å². The summed E-state index contributed by atoms with van der Waals surface area (Å²) < 4.78 is 5.29. The Balaban J connectivity index is 1.89. The van der Waals surface area contributed by atoms with E-state index >= 15 is 0 Å². The molecule has 2 rings (SSSR count). The number of nitrogens with one attached hydrogen (secondary N) is 1. The molecule has 0 fully saturated rings.